The molecule has 0 amide bonds. The Kier molecular flexibility index (Phi) is 10.4. The predicted molar refractivity (Wildman–Crippen MR) is 89.8 cm³/mol. The highest BCUT2D eigenvalue weighted by molar-refractivity contribution is 5.77. The van der Waals surface area contributed by atoms with E-state index < -0.39 is 12.1 Å². The molecule has 0 aromatic rings. The van der Waals surface area contributed by atoms with Gasteiger partial charge in [0.1, 0.15) is 0 Å². The van der Waals surface area contributed by atoms with Crippen molar-refractivity contribution in [3.05, 3.63) is 0 Å². The summed E-state index contributed by atoms with van der Waals surface area (Å²) < 4.78 is 35.3. The second-order valence-corrected chi connectivity index (χ2v) is 7.06. The van der Waals surface area contributed by atoms with Gasteiger partial charge >= 0.3 is 6.18 Å². The molecule has 0 saturated heterocycles. The monoisotopic (exact) mass is 349 g/mol. The van der Waals surface area contributed by atoms with Crippen LogP contribution in [0, 0.1) is 11.8 Å². The number of rotatable bonds is 5. The van der Waals surface area contributed by atoms with Crippen molar-refractivity contribution in [3.8, 4) is 0 Å². The van der Waals surface area contributed by atoms with Crippen molar-refractivity contribution < 1.29 is 18.3 Å². The number of halogens is 3. The van der Waals surface area contributed by atoms with E-state index in [9.17, 15) is 18.3 Å². The predicted octanol–water partition coefficient (Wildman–Crippen LogP) is 4.19. The molecule has 3 nitrogen and oxygen atoms in total. The summed E-state index contributed by atoms with van der Waals surface area (Å²) in [5.41, 5.74) is 5.46. The summed E-state index contributed by atoms with van der Waals surface area (Å²) in [5.74, 6) is -0.509. The van der Waals surface area contributed by atoms with Crippen LogP contribution in [0.25, 0.3) is 0 Å². The lowest BCUT2D eigenvalue weighted by atomic mass is 9.87. The number of aliphatic imine (C=N–C) groups is 1. The van der Waals surface area contributed by atoms with E-state index in [4.69, 9.17) is 5.73 Å². The summed E-state index contributed by atoms with van der Waals surface area (Å²) in [6, 6.07) is 0. The highest BCUT2D eigenvalue weighted by Crippen LogP contribution is 2.26. The summed E-state index contributed by atoms with van der Waals surface area (Å²) in [5, 5.41) is 10.4. The van der Waals surface area contributed by atoms with E-state index in [-0.39, 0.29) is 6.54 Å². The molecule has 0 unspecified atom stereocenters. The van der Waals surface area contributed by atoms with Crippen molar-refractivity contribution in [1.82, 2.24) is 0 Å². The molecule has 2 saturated carbocycles. The van der Waals surface area contributed by atoms with E-state index in [1.54, 1.807) is 0 Å². The number of nitrogens with two attached hydrogens (primary N) is 1. The highest BCUT2D eigenvalue weighted by atomic mass is 19.4. The zero-order valence-corrected chi connectivity index (χ0v) is 14.6. The number of alkyl halides is 3. The lowest BCUT2D eigenvalue weighted by Gasteiger charge is -2.21. The molecule has 0 radical (unpaired) electrons. The second kappa shape index (κ2) is 11.7. The van der Waals surface area contributed by atoms with Crippen LogP contribution in [0.4, 0.5) is 13.2 Å². The first-order valence-electron chi connectivity index (χ1n) is 9.42. The van der Waals surface area contributed by atoms with Crippen LogP contribution in [0.3, 0.4) is 0 Å². The van der Waals surface area contributed by atoms with Gasteiger partial charge < -0.3 is 10.8 Å². The average Bonchev–Trinajstić information content (AvgIpc) is 2.57. The lowest BCUT2D eigenvalue weighted by Crippen LogP contribution is -2.35. The fourth-order valence-electron chi connectivity index (χ4n) is 3.63. The zero-order chi connectivity index (χ0) is 17.8. The van der Waals surface area contributed by atoms with Crippen molar-refractivity contribution in [2.24, 2.45) is 22.6 Å². The molecule has 0 atom stereocenters. The van der Waals surface area contributed by atoms with Crippen molar-refractivity contribution in [2.75, 3.05) is 13.1 Å². The van der Waals surface area contributed by atoms with Crippen LogP contribution in [0.2, 0.25) is 0 Å². The summed E-state index contributed by atoms with van der Waals surface area (Å²) in [7, 11) is 0. The van der Waals surface area contributed by atoms with E-state index in [1.165, 1.54) is 44.9 Å². The van der Waals surface area contributed by atoms with Crippen LogP contribution in [0.15, 0.2) is 4.99 Å². The van der Waals surface area contributed by atoms with E-state index in [2.05, 4.69) is 4.99 Å². The van der Waals surface area contributed by atoms with Crippen LogP contribution in [-0.4, -0.2) is 25.2 Å². The molecule has 0 aromatic heterocycles. The maximum absolute atomic E-state index is 11.8. The van der Waals surface area contributed by atoms with Crippen LogP contribution < -0.4 is 10.8 Å². The van der Waals surface area contributed by atoms with E-state index in [0.717, 1.165) is 38.1 Å². The molecular weight excluding hydrogens is 317 g/mol. The van der Waals surface area contributed by atoms with Gasteiger partial charge in [0, 0.05) is 6.54 Å². The molecule has 24 heavy (non-hydrogen) atoms. The molecule has 0 aliphatic heterocycles. The molecule has 0 heterocycles. The summed E-state index contributed by atoms with van der Waals surface area (Å²) >= 11 is 0. The first-order chi connectivity index (χ1) is 11.4. The quantitative estimate of drug-likeness (QED) is 0.597. The van der Waals surface area contributed by atoms with E-state index in [1.807, 2.05) is 0 Å². The minimum absolute atomic E-state index is 0.0169. The molecule has 0 spiro atoms. The van der Waals surface area contributed by atoms with Gasteiger partial charge in [-0.15, -0.1) is 0 Å². The van der Waals surface area contributed by atoms with Crippen LogP contribution in [-0.2, 0) is 0 Å². The van der Waals surface area contributed by atoms with Crippen molar-refractivity contribution in [2.45, 2.75) is 83.2 Å². The van der Waals surface area contributed by atoms with Gasteiger partial charge in [-0.3, -0.25) is 4.99 Å². The van der Waals surface area contributed by atoms with E-state index >= 15 is 0 Å². The van der Waals surface area contributed by atoms with E-state index in [0.29, 0.717) is 12.3 Å². The smallest absolute Gasteiger partial charge is 0.419 e. The molecule has 2 rings (SSSR count). The molecule has 142 valence electrons. The maximum atomic E-state index is 11.8. The first kappa shape index (κ1) is 21.3. The van der Waals surface area contributed by atoms with Gasteiger partial charge in [-0.1, -0.05) is 64.2 Å². The standard InChI is InChI=1S/C10H16F3NO.C8H17N/c11-10(12,13)9(15)14-7-6-8-4-2-1-3-5-8;9-7-6-8-4-2-1-3-5-8/h8H,1-7H2,(H,14,15);8H,1-7,9H2/p-1. The van der Waals surface area contributed by atoms with Gasteiger partial charge in [0.05, 0.1) is 5.90 Å². The number of hydrogen-bond donors (Lipinski definition) is 1. The third kappa shape index (κ3) is 9.50. The Morgan fingerprint density at radius 3 is 1.75 bits per heavy atom. The van der Waals surface area contributed by atoms with Crippen LogP contribution >= 0.6 is 0 Å². The molecule has 2 aliphatic rings. The first-order valence-corrected chi connectivity index (χ1v) is 9.42. The van der Waals surface area contributed by atoms with Gasteiger partial charge in [-0.25, -0.2) is 0 Å². The minimum Gasteiger partial charge on any atom is -0.856 e. The SMILES string of the molecule is NCCC1CCCCC1.[O-]C(=NCCC1CCCCC1)C(F)(F)F. The molecule has 0 aromatic carbocycles. The second-order valence-electron chi connectivity index (χ2n) is 7.06. The van der Waals surface area contributed by atoms with Crippen molar-refractivity contribution >= 4 is 5.90 Å². The molecular formula is C18H32F3N2O-. The fourth-order valence-corrected chi connectivity index (χ4v) is 3.63. The largest absolute Gasteiger partial charge is 0.856 e. The number of nitrogens with zero attached hydrogens (tertiary/aromatic N) is 1. The normalized spacial score (nSPS) is 21.2. The molecule has 2 fully saturated rings. The topological polar surface area (TPSA) is 61.4 Å². The molecule has 0 bridgehead atoms. The lowest BCUT2D eigenvalue weighted by molar-refractivity contribution is -0.262. The highest BCUT2D eigenvalue weighted by Gasteiger charge is 2.27. The van der Waals surface area contributed by atoms with Gasteiger partial charge in [0.15, 0.2) is 0 Å². The Balaban J connectivity index is 0.000000272. The van der Waals surface area contributed by atoms with Crippen molar-refractivity contribution in [1.29, 1.82) is 0 Å². The van der Waals surface area contributed by atoms with Gasteiger partial charge in [0.25, 0.3) is 0 Å². The molecule has 2 aliphatic carbocycles. The van der Waals surface area contributed by atoms with Gasteiger partial charge in [-0.05, 0) is 31.2 Å². The minimum atomic E-state index is -4.80. The molecule has 2 N–H and O–H groups in total. The maximum Gasteiger partial charge on any atom is 0.419 e. The summed E-state index contributed by atoms with van der Waals surface area (Å²) in [6.45, 7) is 0.910. The average molecular weight is 349 g/mol. The summed E-state index contributed by atoms with van der Waals surface area (Å²) in [6.07, 6.45) is 9.97. The van der Waals surface area contributed by atoms with Gasteiger partial charge in [-0.2, -0.15) is 13.2 Å². The Morgan fingerprint density at radius 1 is 0.875 bits per heavy atom. The Morgan fingerprint density at radius 2 is 1.33 bits per heavy atom. The Bertz CT molecular complexity index is 344. The van der Waals surface area contributed by atoms with Gasteiger partial charge in [0.2, 0.25) is 0 Å². The Hall–Kier alpha value is -0.780. The zero-order valence-electron chi connectivity index (χ0n) is 14.6. The van der Waals surface area contributed by atoms with Crippen LogP contribution in [0.5, 0.6) is 0 Å². The fraction of sp³-hybridized carbons (Fsp3) is 0.944. The number of hydrogen-bond acceptors (Lipinski definition) is 3. The molecule has 6 heteroatoms. The Labute approximate surface area is 143 Å². The van der Waals surface area contributed by atoms with Crippen LogP contribution in [0.1, 0.15) is 77.0 Å². The third-order valence-electron chi connectivity index (χ3n) is 5.06. The van der Waals surface area contributed by atoms with Crippen molar-refractivity contribution in [3.63, 3.8) is 0 Å². The third-order valence-corrected chi connectivity index (χ3v) is 5.06. The summed E-state index contributed by atoms with van der Waals surface area (Å²) in [4.78, 5) is 3.03.